The van der Waals surface area contributed by atoms with Crippen LogP contribution in [-0.2, 0) is 0 Å². The smallest absolute Gasteiger partial charge is 0.0192 e. The van der Waals surface area contributed by atoms with Crippen molar-refractivity contribution in [3.05, 3.63) is 30.3 Å². The molecular weight excluding hydrogens is 228 g/mol. The Bertz CT molecular complexity index is 315. The van der Waals surface area contributed by atoms with E-state index in [2.05, 4.69) is 47.5 Å². The molecule has 2 rings (SSSR count). The van der Waals surface area contributed by atoms with E-state index in [0.29, 0.717) is 6.04 Å². The van der Waals surface area contributed by atoms with E-state index in [-0.39, 0.29) is 0 Å². The monoisotopic (exact) mass is 250 g/mol. The molecule has 3 heteroatoms. The standard InChI is InChI=1S/C14H22N2S/c1-2-13-12-16(9-8-15-13)10-11-17-14-6-4-3-5-7-14/h3-7,13,15H,2,8-12H2,1H3. The Morgan fingerprint density at radius 3 is 2.94 bits per heavy atom. The molecule has 0 aromatic heterocycles. The second kappa shape index (κ2) is 7.04. The molecule has 1 atom stereocenters. The highest BCUT2D eigenvalue weighted by Gasteiger charge is 2.16. The van der Waals surface area contributed by atoms with Gasteiger partial charge in [0.2, 0.25) is 0 Å². The zero-order valence-electron chi connectivity index (χ0n) is 10.6. The fraction of sp³-hybridized carbons (Fsp3) is 0.571. The summed E-state index contributed by atoms with van der Waals surface area (Å²) in [6.45, 7) is 7.03. The maximum absolute atomic E-state index is 3.56. The number of thioether (sulfide) groups is 1. The van der Waals surface area contributed by atoms with Gasteiger partial charge in [0.1, 0.15) is 0 Å². The highest BCUT2D eigenvalue weighted by molar-refractivity contribution is 7.99. The number of benzene rings is 1. The molecule has 0 radical (unpaired) electrons. The Hall–Kier alpha value is -0.510. The van der Waals surface area contributed by atoms with E-state index in [0.717, 1.165) is 6.54 Å². The molecule has 1 N–H and O–H groups in total. The van der Waals surface area contributed by atoms with E-state index >= 15 is 0 Å². The zero-order valence-corrected chi connectivity index (χ0v) is 11.4. The van der Waals surface area contributed by atoms with Crippen LogP contribution in [0.5, 0.6) is 0 Å². The minimum Gasteiger partial charge on any atom is -0.311 e. The Morgan fingerprint density at radius 1 is 1.35 bits per heavy atom. The van der Waals surface area contributed by atoms with Crippen LogP contribution in [0.3, 0.4) is 0 Å². The van der Waals surface area contributed by atoms with Crippen molar-refractivity contribution in [1.29, 1.82) is 0 Å². The van der Waals surface area contributed by atoms with Crippen LogP contribution in [0.2, 0.25) is 0 Å². The van der Waals surface area contributed by atoms with Gasteiger partial charge in [0.15, 0.2) is 0 Å². The lowest BCUT2D eigenvalue weighted by atomic mass is 10.1. The van der Waals surface area contributed by atoms with Gasteiger partial charge in [0.05, 0.1) is 0 Å². The summed E-state index contributed by atoms with van der Waals surface area (Å²) >= 11 is 1.96. The SMILES string of the molecule is CCC1CN(CCSc2ccccc2)CCN1. The average Bonchev–Trinajstić information content (AvgIpc) is 2.40. The van der Waals surface area contributed by atoms with Crippen molar-refractivity contribution in [1.82, 2.24) is 10.2 Å². The van der Waals surface area contributed by atoms with E-state index in [4.69, 9.17) is 0 Å². The van der Waals surface area contributed by atoms with Crippen molar-refractivity contribution in [3.63, 3.8) is 0 Å². The summed E-state index contributed by atoms with van der Waals surface area (Å²) in [5.74, 6) is 1.19. The van der Waals surface area contributed by atoms with Crippen molar-refractivity contribution >= 4 is 11.8 Å². The fourth-order valence-corrected chi connectivity index (χ4v) is 3.11. The van der Waals surface area contributed by atoms with Gasteiger partial charge >= 0.3 is 0 Å². The van der Waals surface area contributed by atoms with Crippen LogP contribution in [-0.4, -0.2) is 42.9 Å². The van der Waals surface area contributed by atoms with E-state index < -0.39 is 0 Å². The first-order valence-electron chi connectivity index (χ1n) is 6.52. The van der Waals surface area contributed by atoms with Crippen LogP contribution in [0.15, 0.2) is 35.2 Å². The Balaban J connectivity index is 1.68. The predicted octanol–water partition coefficient (Wildman–Crippen LogP) is 2.46. The fourth-order valence-electron chi connectivity index (χ4n) is 2.18. The summed E-state index contributed by atoms with van der Waals surface area (Å²) in [4.78, 5) is 3.97. The largest absolute Gasteiger partial charge is 0.311 e. The second-order valence-corrected chi connectivity index (χ2v) is 5.69. The van der Waals surface area contributed by atoms with Crippen LogP contribution in [0.25, 0.3) is 0 Å². The van der Waals surface area contributed by atoms with Crippen LogP contribution >= 0.6 is 11.8 Å². The number of nitrogens with one attached hydrogen (secondary N) is 1. The molecule has 0 aliphatic carbocycles. The summed E-state index contributed by atoms with van der Waals surface area (Å²) in [5, 5.41) is 3.56. The summed E-state index contributed by atoms with van der Waals surface area (Å²) in [6, 6.07) is 11.4. The molecule has 0 spiro atoms. The first-order valence-corrected chi connectivity index (χ1v) is 7.50. The van der Waals surface area contributed by atoms with Crippen LogP contribution in [0.1, 0.15) is 13.3 Å². The third-order valence-electron chi connectivity index (χ3n) is 3.25. The molecule has 1 unspecified atom stereocenters. The lowest BCUT2D eigenvalue weighted by molar-refractivity contribution is 0.207. The molecule has 1 aliphatic heterocycles. The molecule has 2 nitrogen and oxygen atoms in total. The molecule has 1 aromatic carbocycles. The first-order chi connectivity index (χ1) is 8.38. The lowest BCUT2D eigenvalue weighted by Crippen LogP contribution is -2.50. The number of rotatable bonds is 5. The van der Waals surface area contributed by atoms with E-state index in [9.17, 15) is 0 Å². The van der Waals surface area contributed by atoms with Crippen LogP contribution < -0.4 is 5.32 Å². The molecule has 1 heterocycles. The number of hydrogen-bond donors (Lipinski definition) is 1. The van der Waals surface area contributed by atoms with Gasteiger partial charge in [-0.25, -0.2) is 0 Å². The van der Waals surface area contributed by atoms with Crippen LogP contribution in [0.4, 0.5) is 0 Å². The molecule has 1 aliphatic rings. The quantitative estimate of drug-likeness (QED) is 0.808. The molecule has 94 valence electrons. The summed E-state index contributed by atoms with van der Waals surface area (Å²) in [5.41, 5.74) is 0. The van der Waals surface area contributed by atoms with Gasteiger partial charge in [-0.15, -0.1) is 11.8 Å². The van der Waals surface area contributed by atoms with Gasteiger partial charge < -0.3 is 5.32 Å². The summed E-state index contributed by atoms with van der Waals surface area (Å²) < 4.78 is 0. The Morgan fingerprint density at radius 2 is 2.18 bits per heavy atom. The maximum atomic E-state index is 3.56. The second-order valence-electron chi connectivity index (χ2n) is 4.52. The zero-order chi connectivity index (χ0) is 11.9. The van der Waals surface area contributed by atoms with Crippen LogP contribution in [0, 0.1) is 0 Å². The summed E-state index contributed by atoms with van der Waals surface area (Å²) in [6.07, 6.45) is 1.24. The third kappa shape index (κ3) is 4.34. The van der Waals surface area contributed by atoms with Crippen molar-refractivity contribution in [3.8, 4) is 0 Å². The van der Waals surface area contributed by atoms with Gasteiger partial charge in [0, 0.05) is 42.9 Å². The van der Waals surface area contributed by atoms with Crippen molar-refractivity contribution in [2.75, 3.05) is 31.9 Å². The lowest BCUT2D eigenvalue weighted by Gasteiger charge is -2.33. The Labute approximate surface area is 109 Å². The van der Waals surface area contributed by atoms with Crippen molar-refractivity contribution < 1.29 is 0 Å². The molecular formula is C14H22N2S. The highest BCUT2D eigenvalue weighted by Crippen LogP contribution is 2.17. The molecule has 0 saturated carbocycles. The number of hydrogen-bond acceptors (Lipinski definition) is 3. The van der Waals surface area contributed by atoms with E-state index in [1.165, 1.54) is 36.7 Å². The number of nitrogens with zero attached hydrogens (tertiary/aromatic N) is 1. The summed E-state index contributed by atoms with van der Waals surface area (Å²) in [7, 11) is 0. The van der Waals surface area contributed by atoms with Gasteiger partial charge in [0.25, 0.3) is 0 Å². The van der Waals surface area contributed by atoms with Gasteiger partial charge in [-0.2, -0.15) is 0 Å². The Kier molecular flexibility index (Phi) is 5.36. The third-order valence-corrected chi connectivity index (χ3v) is 4.24. The molecule has 1 saturated heterocycles. The van der Waals surface area contributed by atoms with E-state index in [1.807, 2.05) is 11.8 Å². The van der Waals surface area contributed by atoms with E-state index in [1.54, 1.807) is 0 Å². The van der Waals surface area contributed by atoms with Crippen molar-refractivity contribution in [2.24, 2.45) is 0 Å². The topological polar surface area (TPSA) is 15.3 Å². The number of piperazine rings is 1. The molecule has 17 heavy (non-hydrogen) atoms. The normalized spacial score (nSPS) is 21.6. The molecule has 0 bridgehead atoms. The maximum Gasteiger partial charge on any atom is 0.0192 e. The van der Waals surface area contributed by atoms with Gasteiger partial charge in [-0.05, 0) is 18.6 Å². The van der Waals surface area contributed by atoms with Gasteiger partial charge in [-0.3, -0.25) is 4.90 Å². The highest BCUT2D eigenvalue weighted by atomic mass is 32.2. The van der Waals surface area contributed by atoms with Gasteiger partial charge in [-0.1, -0.05) is 25.1 Å². The molecule has 1 fully saturated rings. The van der Waals surface area contributed by atoms with Crippen molar-refractivity contribution in [2.45, 2.75) is 24.3 Å². The minimum absolute atomic E-state index is 0.700. The average molecular weight is 250 g/mol. The predicted molar refractivity (Wildman–Crippen MR) is 75.7 cm³/mol. The molecule has 0 amide bonds. The first kappa shape index (κ1) is 12.9. The minimum atomic E-state index is 0.700. The molecule has 1 aromatic rings.